The van der Waals surface area contributed by atoms with Gasteiger partial charge in [0.15, 0.2) is 0 Å². The smallest absolute Gasteiger partial charge is 0.225 e. The Balaban J connectivity index is 1.88. The van der Waals surface area contributed by atoms with E-state index in [-0.39, 0.29) is 11.1 Å². The highest BCUT2D eigenvalue weighted by atomic mass is 35.5. The van der Waals surface area contributed by atoms with Gasteiger partial charge >= 0.3 is 0 Å². The van der Waals surface area contributed by atoms with Crippen LogP contribution in [-0.2, 0) is 6.42 Å². The molecule has 1 aliphatic rings. The third-order valence-electron chi connectivity index (χ3n) is 2.70. The van der Waals surface area contributed by atoms with Crippen molar-refractivity contribution >= 4 is 23.2 Å². The molecule has 2 aromatic rings. The number of hydrogen-bond acceptors (Lipinski definition) is 5. The fraction of sp³-hybridized carbons (Fsp3) is 0.167. The fourth-order valence-corrected chi connectivity index (χ4v) is 2.11. The molecule has 1 aromatic heterocycles. The van der Waals surface area contributed by atoms with E-state index in [4.69, 9.17) is 22.1 Å². The molecule has 0 amide bonds. The normalized spacial score (nSPS) is 12.9. The molecule has 92 valence electrons. The first-order valence-electron chi connectivity index (χ1n) is 5.55. The minimum Gasteiger partial charge on any atom is -0.439 e. The van der Waals surface area contributed by atoms with E-state index in [0.717, 1.165) is 18.7 Å². The average molecular weight is 263 g/mol. The molecule has 0 radical (unpaired) electrons. The lowest BCUT2D eigenvalue weighted by molar-refractivity contribution is 0.462. The molecule has 0 saturated carbocycles. The van der Waals surface area contributed by atoms with Crippen LogP contribution in [0.15, 0.2) is 24.3 Å². The Morgan fingerprint density at radius 2 is 2.17 bits per heavy atom. The van der Waals surface area contributed by atoms with Crippen LogP contribution in [0.3, 0.4) is 0 Å². The fourth-order valence-electron chi connectivity index (χ4n) is 1.93. The van der Waals surface area contributed by atoms with Crippen molar-refractivity contribution in [3.8, 4) is 11.6 Å². The summed E-state index contributed by atoms with van der Waals surface area (Å²) in [7, 11) is 0. The zero-order valence-corrected chi connectivity index (χ0v) is 10.2. The standard InChI is InChI=1S/C12H11ClN4O/c13-10-6-11(17-12(14)16-10)18-8-1-2-9-7(5-8)3-4-15-9/h1-2,5-6,15H,3-4H2,(H2,14,16,17). The highest BCUT2D eigenvalue weighted by Crippen LogP contribution is 2.29. The number of nitrogen functional groups attached to an aromatic ring is 1. The Kier molecular flexibility index (Phi) is 2.68. The number of ether oxygens (including phenoxy) is 1. The Morgan fingerprint density at radius 1 is 1.28 bits per heavy atom. The van der Waals surface area contributed by atoms with E-state index in [1.807, 2.05) is 18.2 Å². The second kappa shape index (κ2) is 4.34. The number of aromatic nitrogens is 2. The average Bonchev–Trinajstić information content (AvgIpc) is 2.74. The maximum absolute atomic E-state index is 5.79. The van der Waals surface area contributed by atoms with E-state index in [1.165, 1.54) is 11.6 Å². The Morgan fingerprint density at radius 3 is 3.00 bits per heavy atom. The summed E-state index contributed by atoms with van der Waals surface area (Å²) < 4.78 is 5.62. The van der Waals surface area contributed by atoms with Crippen molar-refractivity contribution in [2.45, 2.75) is 6.42 Å². The number of fused-ring (bicyclic) bond motifs is 1. The topological polar surface area (TPSA) is 73.1 Å². The number of rotatable bonds is 2. The van der Waals surface area contributed by atoms with Gasteiger partial charge in [-0.15, -0.1) is 0 Å². The van der Waals surface area contributed by atoms with Crippen molar-refractivity contribution in [1.29, 1.82) is 0 Å². The lowest BCUT2D eigenvalue weighted by Gasteiger charge is -2.07. The van der Waals surface area contributed by atoms with Gasteiger partial charge < -0.3 is 15.8 Å². The molecular weight excluding hydrogens is 252 g/mol. The van der Waals surface area contributed by atoms with Crippen LogP contribution in [0.25, 0.3) is 0 Å². The van der Waals surface area contributed by atoms with Crippen LogP contribution in [0.1, 0.15) is 5.56 Å². The van der Waals surface area contributed by atoms with Crippen LogP contribution in [-0.4, -0.2) is 16.5 Å². The summed E-state index contributed by atoms with van der Waals surface area (Å²) in [5.41, 5.74) is 7.90. The van der Waals surface area contributed by atoms with Gasteiger partial charge in [-0.25, -0.2) is 4.98 Å². The molecular formula is C12H11ClN4O. The van der Waals surface area contributed by atoms with Gasteiger partial charge in [-0.2, -0.15) is 4.98 Å². The quantitative estimate of drug-likeness (QED) is 0.814. The molecule has 0 fully saturated rings. The molecule has 0 unspecified atom stereocenters. The Hall–Kier alpha value is -2.01. The Labute approximate surface area is 109 Å². The summed E-state index contributed by atoms with van der Waals surface area (Å²) in [6.45, 7) is 0.963. The summed E-state index contributed by atoms with van der Waals surface area (Å²) in [4.78, 5) is 7.74. The molecule has 5 nitrogen and oxygen atoms in total. The maximum Gasteiger partial charge on any atom is 0.225 e. The van der Waals surface area contributed by atoms with Gasteiger partial charge in [0.1, 0.15) is 10.9 Å². The molecule has 0 bridgehead atoms. The summed E-state index contributed by atoms with van der Waals surface area (Å²) in [6.07, 6.45) is 0.999. The SMILES string of the molecule is Nc1nc(Cl)cc(Oc2ccc3c(c2)CCN3)n1. The summed E-state index contributed by atoms with van der Waals surface area (Å²) in [5, 5.41) is 3.55. The first kappa shape index (κ1) is 11.1. The van der Waals surface area contributed by atoms with Gasteiger partial charge in [-0.3, -0.25) is 0 Å². The summed E-state index contributed by atoms with van der Waals surface area (Å²) in [6, 6.07) is 7.39. The van der Waals surface area contributed by atoms with Crippen molar-refractivity contribution in [1.82, 2.24) is 9.97 Å². The van der Waals surface area contributed by atoms with E-state index in [1.54, 1.807) is 0 Å². The van der Waals surface area contributed by atoms with E-state index in [9.17, 15) is 0 Å². The Bertz CT molecular complexity index is 582. The van der Waals surface area contributed by atoms with Crippen molar-refractivity contribution < 1.29 is 4.74 Å². The molecule has 18 heavy (non-hydrogen) atoms. The number of nitrogens with two attached hydrogens (primary N) is 1. The van der Waals surface area contributed by atoms with Crippen molar-refractivity contribution in [2.24, 2.45) is 0 Å². The maximum atomic E-state index is 5.79. The molecule has 0 spiro atoms. The van der Waals surface area contributed by atoms with Crippen molar-refractivity contribution in [2.75, 3.05) is 17.6 Å². The predicted octanol–water partition coefficient (Wildman–Crippen LogP) is 2.47. The lowest BCUT2D eigenvalue weighted by Crippen LogP contribution is -1.97. The lowest BCUT2D eigenvalue weighted by atomic mass is 10.1. The predicted molar refractivity (Wildman–Crippen MR) is 70.2 cm³/mol. The molecule has 0 saturated heterocycles. The minimum atomic E-state index is 0.0975. The van der Waals surface area contributed by atoms with E-state index >= 15 is 0 Å². The van der Waals surface area contributed by atoms with Gasteiger partial charge in [0.2, 0.25) is 11.8 Å². The molecule has 3 N–H and O–H groups in total. The van der Waals surface area contributed by atoms with Crippen LogP contribution >= 0.6 is 11.6 Å². The van der Waals surface area contributed by atoms with Crippen LogP contribution in [0.2, 0.25) is 5.15 Å². The van der Waals surface area contributed by atoms with Gasteiger partial charge in [-0.05, 0) is 30.2 Å². The van der Waals surface area contributed by atoms with Crippen molar-refractivity contribution in [3.63, 3.8) is 0 Å². The molecule has 1 aliphatic heterocycles. The third-order valence-corrected chi connectivity index (χ3v) is 2.89. The number of benzene rings is 1. The van der Waals surface area contributed by atoms with Gasteiger partial charge in [0.25, 0.3) is 0 Å². The van der Waals surface area contributed by atoms with Gasteiger partial charge in [0, 0.05) is 18.3 Å². The number of nitrogens with zero attached hydrogens (tertiary/aromatic N) is 2. The third kappa shape index (κ3) is 2.17. The molecule has 3 rings (SSSR count). The van der Waals surface area contributed by atoms with E-state index in [0.29, 0.717) is 11.6 Å². The number of nitrogens with one attached hydrogen (secondary N) is 1. The van der Waals surface area contributed by atoms with E-state index in [2.05, 4.69) is 15.3 Å². The van der Waals surface area contributed by atoms with Crippen LogP contribution in [0.5, 0.6) is 11.6 Å². The molecule has 2 heterocycles. The van der Waals surface area contributed by atoms with Crippen molar-refractivity contribution in [3.05, 3.63) is 35.0 Å². The zero-order chi connectivity index (χ0) is 12.5. The molecule has 0 aliphatic carbocycles. The number of hydrogen-bond donors (Lipinski definition) is 2. The van der Waals surface area contributed by atoms with Crippen LogP contribution < -0.4 is 15.8 Å². The van der Waals surface area contributed by atoms with E-state index < -0.39 is 0 Å². The number of halogens is 1. The monoisotopic (exact) mass is 262 g/mol. The molecule has 1 aromatic carbocycles. The first-order chi connectivity index (χ1) is 8.70. The van der Waals surface area contributed by atoms with Gasteiger partial charge in [0.05, 0.1) is 0 Å². The summed E-state index contributed by atoms with van der Waals surface area (Å²) in [5.74, 6) is 1.16. The molecule has 0 atom stereocenters. The van der Waals surface area contributed by atoms with Crippen LogP contribution in [0, 0.1) is 0 Å². The largest absolute Gasteiger partial charge is 0.439 e. The zero-order valence-electron chi connectivity index (χ0n) is 9.48. The van der Waals surface area contributed by atoms with Gasteiger partial charge in [-0.1, -0.05) is 11.6 Å². The second-order valence-corrected chi connectivity index (χ2v) is 4.37. The van der Waals surface area contributed by atoms with Crippen LogP contribution in [0.4, 0.5) is 11.6 Å². The molecule has 6 heteroatoms. The summed E-state index contributed by atoms with van der Waals surface area (Å²) >= 11 is 5.79. The minimum absolute atomic E-state index is 0.0975. The second-order valence-electron chi connectivity index (χ2n) is 3.98. The highest BCUT2D eigenvalue weighted by Gasteiger charge is 2.11. The number of anilines is 2. The first-order valence-corrected chi connectivity index (χ1v) is 5.93. The highest BCUT2D eigenvalue weighted by molar-refractivity contribution is 6.29.